The lowest BCUT2D eigenvalue weighted by Crippen LogP contribution is -2.35. The molecule has 8 nitrogen and oxygen atoms in total. The molecular weight excluding hydrogens is 384 g/mol. The minimum absolute atomic E-state index is 0.0194. The maximum Gasteiger partial charge on any atom is 0.337 e. The molecule has 0 saturated carbocycles. The molecular formula is C22H20N4O4. The summed E-state index contributed by atoms with van der Waals surface area (Å²) in [7, 11) is 1.31. The molecule has 30 heavy (non-hydrogen) atoms. The van der Waals surface area contributed by atoms with E-state index in [1.54, 1.807) is 28.9 Å². The van der Waals surface area contributed by atoms with Gasteiger partial charge < -0.3 is 15.4 Å². The second kappa shape index (κ2) is 7.82. The van der Waals surface area contributed by atoms with Gasteiger partial charge in [-0.25, -0.2) is 9.48 Å². The van der Waals surface area contributed by atoms with E-state index in [2.05, 4.69) is 20.5 Å². The fourth-order valence-corrected chi connectivity index (χ4v) is 3.45. The van der Waals surface area contributed by atoms with E-state index < -0.39 is 12.0 Å². The fourth-order valence-electron chi connectivity index (χ4n) is 3.45. The van der Waals surface area contributed by atoms with Crippen molar-refractivity contribution in [3.63, 3.8) is 0 Å². The van der Waals surface area contributed by atoms with Crippen molar-refractivity contribution in [2.75, 3.05) is 17.7 Å². The first-order valence-electron chi connectivity index (χ1n) is 9.41. The first kappa shape index (κ1) is 19.4. The van der Waals surface area contributed by atoms with Crippen molar-refractivity contribution >= 4 is 29.3 Å². The zero-order valence-electron chi connectivity index (χ0n) is 16.5. The van der Waals surface area contributed by atoms with Crippen molar-refractivity contribution in [3.05, 3.63) is 65.7 Å². The van der Waals surface area contributed by atoms with Crippen LogP contribution in [0.1, 0.15) is 28.4 Å². The standard InChI is InChI=1S/C22H20N4O4/c1-13-19(14-6-4-3-5-7-14)25-26-17(12-18(27)24-20(13)26)21(28)23-16-10-8-15(9-11-16)22(29)30-2/h3-11,17H,12H2,1-2H3,(H,23,28)(H,24,27)/t17-/m0/s1. The molecule has 0 bridgehead atoms. The Balaban J connectivity index is 1.62. The number of ether oxygens (including phenoxy) is 1. The number of amides is 2. The summed E-state index contributed by atoms with van der Waals surface area (Å²) in [6, 6.07) is 15.2. The van der Waals surface area contributed by atoms with Crippen LogP contribution in [0.25, 0.3) is 11.3 Å². The van der Waals surface area contributed by atoms with Gasteiger partial charge in [0.2, 0.25) is 11.8 Å². The average molecular weight is 404 g/mol. The molecule has 1 aromatic heterocycles. The molecule has 0 radical (unpaired) electrons. The monoisotopic (exact) mass is 404 g/mol. The Morgan fingerprint density at radius 3 is 2.50 bits per heavy atom. The van der Waals surface area contributed by atoms with Crippen LogP contribution in [0.4, 0.5) is 11.5 Å². The molecule has 1 aliphatic rings. The van der Waals surface area contributed by atoms with Crippen LogP contribution >= 0.6 is 0 Å². The van der Waals surface area contributed by atoms with Gasteiger partial charge in [0.05, 0.1) is 24.8 Å². The van der Waals surface area contributed by atoms with Gasteiger partial charge in [-0.3, -0.25) is 9.59 Å². The van der Waals surface area contributed by atoms with Gasteiger partial charge in [-0.05, 0) is 31.2 Å². The molecule has 152 valence electrons. The van der Waals surface area contributed by atoms with Crippen molar-refractivity contribution in [1.82, 2.24) is 9.78 Å². The molecule has 1 atom stereocenters. The summed E-state index contributed by atoms with van der Waals surface area (Å²) in [5, 5.41) is 10.2. The molecule has 0 saturated heterocycles. The number of hydrogen-bond acceptors (Lipinski definition) is 5. The van der Waals surface area contributed by atoms with E-state index in [1.807, 2.05) is 37.3 Å². The first-order valence-corrected chi connectivity index (χ1v) is 9.41. The number of methoxy groups -OCH3 is 1. The summed E-state index contributed by atoms with van der Waals surface area (Å²) in [5.41, 5.74) is 3.31. The Bertz CT molecular complexity index is 1120. The van der Waals surface area contributed by atoms with Crippen LogP contribution in [0.2, 0.25) is 0 Å². The van der Waals surface area contributed by atoms with Gasteiger partial charge in [0.15, 0.2) is 0 Å². The predicted molar refractivity (Wildman–Crippen MR) is 111 cm³/mol. The summed E-state index contributed by atoms with van der Waals surface area (Å²) in [5.74, 6) is -0.543. The summed E-state index contributed by atoms with van der Waals surface area (Å²) < 4.78 is 6.24. The topological polar surface area (TPSA) is 102 Å². The SMILES string of the molecule is COC(=O)c1ccc(NC(=O)[C@@H]2CC(=O)Nc3c(C)c(-c4ccccc4)nn32)cc1. The molecule has 2 N–H and O–H groups in total. The molecule has 3 aromatic rings. The highest BCUT2D eigenvalue weighted by atomic mass is 16.5. The Hall–Kier alpha value is -3.94. The summed E-state index contributed by atoms with van der Waals surface area (Å²) in [6.07, 6.45) is -0.0194. The average Bonchev–Trinajstić information content (AvgIpc) is 3.10. The van der Waals surface area contributed by atoms with Gasteiger partial charge in [-0.1, -0.05) is 30.3 Å². The quantitative estimate of drug-likeness (QED) is 0.651. The smallest absolute Gasteiger partial charge is 0.337 e. The minimum atomic E-state index is -0.787. The van der Waals surface area contributed by atoms with Crippen LogP contribution in [-0.2, 0) is 14.3 Å². The maximum absolute atomic E-state index is 13.0. The number of esters is 1. The normalized spacial score (nSPS) is 15.1. The fraction of sp³-hybridized carbons (Fsp3) is 0.182. The molecule has 0 unspecified atom stereocenters. The van der Waals surface area contributed by atoms with Crippen molar-refractivity contribution < 1.29 is 19.1 Å². The van der Waals surface area contributed by atoms with Crippen LogP contribution in [0.5, 0.6) is 0 Å². The summed E-state index contributed by atoms with van der Waals surface area (Å²) >= 11 is 0. The number of rotatable bonds is 4. The van der Waals surface area contributed by atoms with Crippen LogP contribution in [0.3, 0.4) is 0 Å². The predicted octanol–water partition coefficient (Wildman–Crippen LogP) is 3.17. The number of fused-ring (bicyclic) bond motifs is 1. The number of anilines is 2. The maximum atomic E-state index is 13.0. The number of hydrogen-bond donors (Lipinski definition) is 2. The van der Waals surface area contributed by atoms with Crippen LogP contribution < -0.4 is 10.6 Å². The van der Waals surface area contributed by atoms with Crippen molar-refractivity contribution in [3.8, 4) is 11.3 Å². The Morgan fingerprint density at radius 2 is 1.83 bits per heavy atom. The number of carbonyl (C=O) groups excluding carboxylic acids is 3. The molecule has 0 spiro atoms. The Morgan fingerprint density at radius 1 is 1.13 bits per heavy atom. The van der Waals surface area contributed by atoms with E-state index in [-0.39, 0.29) is 18.2 Å². The third-order valence-electron chi connectivity index (χ3n) is 5.00. The third kappa shape index (κ3) is 3.55. The number of aromatic nitrogens is 2. The van der Waals surface area contributed by atoms with Crippen LogP contribution in [0.15, 0.2) is 54.6 Å². The summed E-state index contributed by atoms with van der Waals surface area (Å²) in [4.78, 5) is 36.8. The van der Waals surface area contributed by atoms with Gasteiger partial charge in [0.1, 0.15) is 11.9 Å². The molecule has 0 aliphatic carbocycles. The molecule has 8 heteroatoms. The molecule has 1 aliphatic heterocycles. The lowest BCUT2D eigenvalue weighted by atomic mass is 10.1. The molecule has 0 fully saturated rings. The number of nitrogens with zero attached hydrogens (tertiary/aromatic N) is 2. The van der Waals surface area contributed by atoms with E-state index in [4.69, 9.17) is 0 Å². The number of nitrogens with one attached hydrogen (secondary N) is 2. The molecule has 2 amide bonds. The van der Waals surface area contributed by atoms with E-state index in [9.17, 15) is 14.4 Å². The van der Waals surface area contributed by atoms with Gasteiger partial charge in [-0.15, -0.1) is 0 Å². The van der Waals surface area contributed by atoms with Crippen LogP contribution in [-0.4, -0.2) is 34.7 Å². The van der Waals surface area contributed by atoms with Gasteiger partial charge in [-0.2, -0.15) is 5.10 Å². The second-order valence-corrected chi connectivity index (χ2v) is 6.96. The lowest BCUT2D eigenvalue weighted by Gasteiger charge is -2.24. The Labute approximate surface area is 172 Å². The van der Waals surface area contributed by atoms with Crippen LogP contribution in [0, 0.1) is 6.92 Å². The Kier molecular flexibility index (Phi) is 5.05. The highest BCUT2D eigenvalue weighted by molar-refractivity contribution is 6.02. The van der Waals surface area contributed by atoms with E-state index in [0.29, 0.717) is 22.8 Å². The lowest BCUT2D eigenvalue weighted by molar-refractivity contribution is -0.125. The van der Waals surface area contributed by atoms with Crippen molar-refractivity contribution in [2.24, 2.45) is 0 Å². The van der Waals surface area contributed by atoms with E-state index in [1.165, 1.54) is 7.11 Å². The zero-order valence-corrected chi connectivity index (χ0v) is 16.5. The summed E-state index contributed by atoms with van der Waals surface area (Å²) in [6.45, 7) is 1.87. The second-order valence-electron chi connectivity index (χ2n) is 6.96. The highest BCUT2D eigenvalue weighted by Gasteiger charge is 2.34. The number of carbonyl (C=O) groups is 3. The molecule has 2 aromatic carbocycles. The molecule has 4 rings (SSSR count). The van der Waals surface area contributed by atoms with Gasteiger partial charge >= 0.3 is 5.97 Å². The van der Waals surface area contributed by atoms with Gasteiger partial charge in [0.25, 0.3) is 0 Å². The minimum Gasteiger partial charge on any atom is -0.465 e. The molecule has 2 heterocycles. The largest absolute Gasteiger partial charge is 0.465 e. The number of benzene rings is 2. The van der Waals surface area contributed by atoms with E-state index in [0.717, 1.165) is 11.1 Å². The first-order chi connectivity index (χ1) is 14.5. The zero-order chi connectivity index (χ0) is 21.3. The third-order valence-corrected chi connectivity index (χ3v) is 5.00. The van der Waals surface area contributed by atoms with Crippen molar-refractivity contribution in [1.29, 1.82) is 0 Å². The van der Waals surface area contributed by atoms with Crippen molar-refractivity contribution in [2.45, 2.75) is 19.4 Å². The van der Waals surface area contributed by atoms with E-state index >= 15 is 0 Å². The van der Waals surface area contributed by atoms with Gasteiger partial charge in [0, 0.05) is 16.8 Å². The highest BCUT2D eigenvalue weighted by Crippen LogP contribution is 2.34.